The lowest BCUT2D eigenvalue weighted by molar-refractivity contribution is -0.137. The van der Waals surface area contributed by atoms with Crippen LogP contribution in [0.2, 0.25) is 0 Å². The molecule has 2 heterocycles. The first-order valence-electron chi connectivity index (χ1n) is 8.12. The van der Waals surface area contributed by atoms with Gasteiger partial charge in [0.15, 0.2) is 0 Å². The molecule has 2 rings (SSSR count). The van der Waals surface area contributed by atoms with Crippen LogP contribution >= 0.6 is 0 Å². The zero-order chi connectivity index (χ0) is 16.7. The summed E-state index contributed by atoms with van der Waals surface area (Å²) < 4.78 is 37.7. The first-order valence-corrected chi connectivity index (χ1v) is 8.12. The number of anilines is 1. The second-order valence-electron chi connectivity index (χ2n) is 5.87. The van der Waals surface area contributed by atoms with Gasteiger partial charge in [-0.3, -0.25) is 0 Å². The van der Waals surface area contributed by atoms with Gasteiger partial charge in [-0.1, -0.05) is 0 Å². The average Bonchev–Trinajstić information content (AvgIpc) is 2.77. The molecule has 0 amide bonds. The van der Waals surface area contributed by atoms with Crippen LogP contribution in [0.3, 0.4) is 0 Å². The van der Waals surface area contributed by atoms with Crippen LogP contribution in [0.4, 0.5) is 19.0 Å². The van der Waals surface area contributed by atoms with E-state index in [2.05, 4.69) is 9.88 Å². The maximum absolute atomic E-state index is 12.6. The van der Waals surface area contributed by atoms with Gasteiger partial charge >= 0.3 is 6.18 Å². The van der Waals surface area contributed by atoms with Crippen molar-refractivity contribution in [2.45, 2.75) is 31.9 Å². The van der Waals surface area contributed by atoms with E-state index in [1.54, 1.807) is 0 Å². The van der Waals surface area contributed by atoms with Gasteiger partial charge in [0, 0.05) is 32.4 Å². The van der Waals surface area contributed by atoms with Crippen molar-refractivity contribution in [2.24, 2.45) is 0 Å². The van der Waals surface area contributed by atoms with Gasteiger partial charge in [0.2, 0.25) is 0 Å². The van der Waals surface area contributed by atoms with E-state index in [1.807, 2.05) is 4.90 Å². The fourth-order valence-electron chi connectivity index (χ4n) is 2.79. The molecule has 0 bridgehead atoms. The zero-order valence-corrected chi connectivity index (χ0v) is 13.2. The molecular weight excluding hydrogens is 307 g/mol. The van der Waals surface area contributed by atoms with Crippen LogP contribution in [0, 0.1) is 0 Å². The van der Waals surface area contributed by atoms with Crippen LogP contribution in [-0.4, -0.2) is 54.3 Å². The molecule has 0 radical (unpaired) electrons. The summed E-state index contributed by atoms with van der Waals surface area (Å²) in [4.78, 5) is 8.41. The van der Waals surface area contributed by atoms with Crippen molar-refractivity contribution in [3.63, 3.8) is 0 Å². The van der Waals surface area contributed by atoms with Crippen molar-refractivity contribution < 1.29 is 18.3 Å². The summed E-state index contributed by atoms with van der Waals surface area (Å²) >= 11 is 0. The Labute approximate surface area is 134 Å². The van der Waals surface area contributed by atoms with Crippen LogP contribution in [0.5, 0.6) is 0 Å². The van der Waals surface area contributed by atoms with Crippen molar-refractivity contribution in [3.05, 3.63) is 23.9 Å². The Morgan fingerprint density at radius 3 is 2.52 bits per heavy atom. The standard InChI is InChI=1S/C16H24F3N3O/c17-16(18,19)14-5-6-15(20-13-14)22-9-4-8-21(10-11-22)7-2-1-3-12-23/h5-6,13,23H,1-4,7-12H2. The lowest BCUT2D eigenvalue weighted by Gasteiger charge is -2.23. The molecule has 1 fully saturated rings. The number of nitrogens with zero attached hydrogens (tertiary/aromatic N) is 3. The van der Waals surface area contributed by atoms with E-state index in [4.69, 9.17) is 5.11 Å². The molecule has 1 aliphatic rings. The molecule has 4 nitrogen and oxygen atoms in total. The van der Waals surface area contributed by atoms with Gasteiger partial charge in [0.05, 0.1) is 5.56 Å². The van der Waals surface area contributed by atoms with Crippen LogP contribution in [0.1, 0.15) is 31.2 Å². The van der Waals surface area contributed by atoms with Crippen molar-refractivity contribution >= 4 is 5.82 Å². The fourth-order valence-corrected chi connectivity index (χ4v) is 2.79. The molecule has 0 atom stereocenters. The van der Waals surface area contributed by atoms with Crippen LogP contribution in [-0.2, 0) is 6.18 Å². The zero-order valence-electron chi connectivity index (χ0n) is 13.2. The van der Waals surface area contributed by atoms with Crippen LogP contribution < -0.4 is 4.90 Å². The first-order chi connectivity index (χ1) is 11.0. The number of hydrogen-bond donors (Lipinski definition) is 1. The van der Waals surface area contributed by atoms with Crippen molar-refractivity contribution in [1.29, 1.82) is 0 Å². The van der Waals surface area contributed by atoms with Crippen molar-refractivity contribution in [1.82, 2.24) is 9.88 Å². The molecule has 1 N–H and O–H groups in total. The van der Waals surface area contributed by atoms with Gasteiger partial charge in [-0.05, 0) is 50.9 Å². The second-order valence-corrected chi connectivity index (χ2v) is 5.87. The molecule has 130 valence electrons. The number of hydrogen-bond acceptors (Lipinski definition) is 4. The molecule has 23 heavy (non-hydrogen) atoms. The Balaban J connectivity index is 1.85. The molecule has 1 aromatic rings. The molecular formula is C16H24F3N3O. The van der Waals surface area contributed by atoms with Gasteiger partial charge in [0.1, 0.15) is 5.82 Å². The molecule has 0 aliphatic carbocycles. The number of aromatic nitrogens is 1. The Morgan fingerprint density at radius 1 is 1.04 bits per heavy atom. The molecule has 7 heteroatoms. The van der Waals surface area contributed by atoms with Gasteiger partial charge in [-0.15, -0.1) is 0 Å². The van der Waals surface area contributed by atoms with Crippen LogP contribution in [0.15, 0.2) is 18.3 Å². The monoisotopic (exact) mass is 331 g/mol. The quantitative estimate of drug-likeness (QED) is 0.814. The maximum Gasteiger partial charge on any atom is 0.417 e. The van der Waals surface area contributed by atoms with Gasteiger partial charge < -0.3 is 14.9 Å². The maximum atomic E-state index is 12.6. The van der Waals surface area contributed by atoms with E-state index < -0.39 is 11.7 Å². The highest BCUT2D eigenvalue weighted by atomic mass is 19.4. The predicted octanol–water partition coefficient (Wildman–Crippen LogP) is 2.78. The number of aliphatic hydroxyl groups is 1. The fraction of sp³-hybridized carbons (Fsp3) is 0.688. The van der Waals surface area contributed by atoms with E-state index in [-0.39, 0.29) is 6.61 Å². The van der Waals surface area contributed by atoms with E-state index >= 15 is 0 Å². The molecule has 1 saturated heterocycles. The largest absolute Gasteiger partial charge is 0.417 e. The van der Waals surface area contributed by atoms with E-state index in [1.165, 1.54) is 6.07 Å². The third-order valence-electron chi connectivity index (χ3n) is 4.12. The normalized spacial score (nSPS) is 17.3. The van der Waals surface area contributed by atoms with Gasteiger partial charge in [0.25, 0.3) is 0 Å². The SMILES string of the molecule is OCCCCCN1CCCN(c2ccc(C(F)(F)F)cn2)CC1. The van der Waals surface area contributed by atoms with Gasteiger partial charge in [-0.2, -0.15) is 13.2 Å². The summed E-state index contributed by atoms with van der Waals surface area (Å²) in [5.41, 5.74) is -0.707. The van der Waals surface area contributed by atoms with E-state index in [0.717, 1.165) is 70.7 Å². The number of unbranched alkanes of at least 4 members (excludes halogenated alkanes) is 2. The Kier molecular flexibility index (Phi) is 6.65. The third kappa shape index (κ3) is 5.66. The highest BCUT2D eigenvalue weighted by Crippen LogP contribution is 2.29. The number of pyridine rings is 1. The second kappa shape index (κ2) is 8.49. The molecule has 0 unspecified atom stereocenters. The lowest BCUT2D eigenvalue weighted by atomic mass is 10.2. The van der Waals surface area contributed by atoms with Crippen molar-refractivity contribution in [2.75, 3.05) is 44.2 Å². The molecule has 0 spiro atoms. The summed E-state index contributed by atoms with van der Waals surface area (Å²) in [5, 5.41) is 8.78. The molecule has 1 aromatic heterocycles. The minimum Gasteiger partial charge on any atom is -0.396 e. The number of rotatable bonds is 6. The minimum absolute atomic E-state index is 0.243. The molecule has 0 aromatic carbocycles. The number of halogens is 3. The van der Waals surface area contributed by atoms with Crippen LogP contribution in [0.25, 0.3) is 0 Å². The summed E-state index contributed by atoms with van der Waals surface area (Å²) in [7, 11) is 0. The summed E-state index contributed by atoms with van der Waals surface area (Å²) in [5.74, 6) is 0.611. The molecule has 0 saturated carbocycles. The molecule has 1 aliphatic heterocycles. The predicted molar refractivity (Wildman–Crippen MR) is 83.4 cm³/mol. The Hall–Kier alpha value is -1.34. The summed E-state index contributed by atoms with van der Waals surface area (Å²) in [6, 6.07) is 2.56. The van der Waals surface area contributed by atoms with E-state index in [0.29, 0.717) is 5.82 Å². The lowest BCUT2D eigenvalue weighted by Crippen LogP contribution is -2.31. The highest BCUT2D eigenvalue weighted by Gasteiger charge is 2.31. The smallest absolute Gasteiger partial charge is 0.396 e. The van der Waals surface area contributed by atoms with Gasteiger partial charge in [-0.25, -0.2) is 4.98 Å². The van der Waals surface area contributed by atoms with Crippen molar-refractivity contribution in [3.8, 4) is 0 Å². The van der Waals surface area contributed by atoms with E-state index in [9.17, 15) is 13.2 Å². The first kappa shape index (κ1) is 18.0. The summed E-state index contributed by atoms with van der Waals surface area (Å²) in [6.07, 6.45) is 0.483. The average molecular weight is 331 g/mol. The minimum atomic E-state index is -4.34. The Bertz CT molecular complexity index is 465. The Morgan fingerprint density at radius 2 is 1.87 bits per heavy atom. The number of alkyl halides is 3. The summed E-state index contributed by atoms with van der Waals surface area (Å²) in [6.45, 7) is 4.73. The topological polar surface area (TPSA) is 39.6 Å². The third-order valence-corrected chi connectivity index (χ3v) is 4.12. The number of aliphatic hydroxyl groups excluding tert-OH is 1. The highest BCUT2D eigenvalue weighted by molar-refractivity contribution is 5.40.